The highest BCUT2D eigenvalue weighted by Gasteiger charge is 2.63. The Bertz CT molecular complexity index is 1040. The molecule has 21 atom stereocenters. The van der Waals surface area contributed by atoms with E-state index in [1.54, 1.807) is 0 Å². The van der Waals surface area contributed by atoms with E-state index < -0.39 is 0 Å². The van der Waals surface area contributed by atoms with Gasteiger partial charge in [0.15, 0.2) is 0 Å². The van der Waals surface area contributed by atoms with Gasteiger partial charge in [-0.15, -0.1) is 0 Å². The van der Waals surface area contributed by atoms with Crippen molar-refractivity contribution in [1.82, 2.24) is 0 Å². The molecule has 0 radical (unpaired) electrons. The fourth-order valence-electron chi connectivity index (χ4n) is 17.3. The van der Waals surface area contributed by atoms with Crippen LogP contribution in [0.25, 0.3) is 0 Å². The van der Waals surface area contributed by atoms with Crippen molar-refractivity contribution in [2.24, 2.45) is 141 Å². The molecule has 0 heterocycles. The molecule has 0 heteroatoms. The summed E-state index contributed by atoms with van der Waals surface area (Å²) in [5.41, 5.74) is 1.10. The van der Waals surface area contributed by atoms with E-state index in [9.17, 15) is 0 Å². The van der Waals surface area contributed by atoms with E-state index in [0.717, 1.165) is 124 Å². The minimum atomic E-state index is 0.358. The van der Waals surface area contributed by atoms with Crippen LogP contribution in [0.4, 0.5) is 0 Å². The minimum Gasteiger partial charge on any atom is -0.0620 e. The summed E-state index contributed by atoms with van der Waals surface area (Å²) in [5, 5.41) is 0. The lowest BCUT2D eigenvalue weighted by molar-refractivity contribution is -0.104. The van der Waals surface area contributed by atoms with Gasteiger partial charge in [-0.05, 0) is 153 Å². The molecule has 0 amide bonds. The maximum atomic E-state index is 2.77. The molecule has 19 unspecified atom stereocenters. The second kappa shape index (κ2) is 11.8. The van der Waals surface area contributed by atoms with E-state index in [-0.39, 0.29) is 0 Å². The normalized spacial score (nSPS) is 59.1. The van der Waals surface area contributed by atoms with E-state index in [0.29, 0.717) is 16.2 Å². The lowest BCUT2D eigenvalue weighted by atomic mass is 9.46. The molecular weight excluding hydrogens is 540 g/mol. The summed E-state index contributed by atoms with van der Waals surface area (Å²) in [7, 11) is 0. The number of fused-ring (bicyclic) bond motifs is 8. The molecule has 0 aromatic rings. The van der Waals surface area contributed by atoms with Crippen LogP contribution in [0.3, 0.4) is 0 Å². The zero-order valence-electron chi connectivity index (χ0n) is 34.0. The second-order valence-electron chi connectivity index (χ2n) is 21.7. The highest BCUT2D eigenvalue weighted by Crippen LogP contribution is 2.69. The topological polar surface area (TPSA) is 0 Å². The van der Waals surface area contributed by atoms with Crippen molar-refractivity contribution >= 4 is 0 Å². The maximum absolute atomic E-state index is 2.77. The lowest BCUT2D eigenvalue weighted by Gasteiger charge is -2.59. The smallest absolute Gasteiger partial charge is 0.0290 e. The summed E-state index contributed by atoms with van der Waals surface area (Å²) in [6, 6.07) is 0. The molecule has 0 aliphatic heterocycles. The fourth-order valence-corrected chi connectivity index (χ4v) is 17.3. The van der Waals surface area contributed by atoms with Crippen molar-refractivity contribution < 1.29 is 0 Å². The van der Waals surface area contributed by atoms with Gasteiger partial charge in [0.2, 0.25) is 0 Å². The summed E-state index contributed by atoms with van der Waals surface area (Å²) in [4.78, 5) is 0. The van der Waals surface area contributed by atoms with Crippen molar-refractivity contribution in [1.29, 1.82) is 0 Å². The van der Waals surface area contributed by atoms with Gasteiger partial charge in [0.25, 0.3) is 0 Å². The van der Waals surface area contributed by atoms with Crippen molar-refractivity contribution in [2.45, 2.75) is 144 Å². The highest BCUT2D eigenvalue weighted by molar-refractivity contribution is 5.11. The van der Waals surface area contributed by atoms with Gasteiger partial charge in [-0.3, -0.25) is 0 Å². The quantitative estimate of drug-likeness (QED) is 0.252. The molecule has 0 saturated heterocycles. The van der Waals surface area contributed by atoms with Gasteiger partial charge in [-0.1, -0.05) is 132 Å². The standard InChI is InChI=1S/C45H82/c1-22-24(3)35-20-36(25(22)4)43(14,15)41-30(9)31(10)42(34(41)13)45(18,19)38-21-37(26(5)23(2)27(38)6)44(16,17)40-29(8)28(7)39(32(35)11)33(40)12/h22-42H,20-21H2,1-19H3/t22?,23?,24?,25?,26?,27?,28?,29?,30?,31?,32-,33?,34?,35?,36?,37?,38+,39?,40?,41?,42?/m0/s1. The van der Waals surface area contributed by atoms with Gasteiger partial charge in [0, 0.05) is 0 Å². The van der Waals surface area contributed by atoms with Gasteiger partial charge in [-0.2, -0.15) is 0 Å². The summed E-state index contributed by atoms with van der Waals surface area (Å²) in [6.45, 7) is 51.7. The zero-order valence-corrected chi connectivity index (χ0v) is 34.0. The van der Waals surface area contributed by atoms with Gasteiger partial charge in [0.1, 0.15) is 0 Å². The number of hydrogen-bond acceptors (Lipinski definition) is 0. The third-order valence-electron chi connectivity index (χ3n) is 19.9. The summed E-state index contributed by atoms with van der Waals surface area (Å²) < 4.78 is 0. The molecule has 8 bridgehead atoms. The van der Waals surface area contributed by atoms with Gasteiger partial charge >= 0.3 is 0 Å². The monoisotopic (exact) mass is 623 g/mol. The van der Waals surface area contributed by atoms with E-state index in [2.05, 4.69) is 132 Å². The molecule has 0 aromatic heterocycles. The molecule has 5 rings (SSSR count). The highest BCUT2D eigenvalue weighted by atomic mass is 14.7. The van der Waals surface area contributed by atoms with Gasteiger partial charge in [0.05, 0.1) is 0 Å². The third-order valence-corrected chi connectivity index (χ3v) is 19.9. The molecule has 0 spiro atoms. The molecule has 5 aliphatic carbocycles. The Balaban J connectivity index is 1.71. The zero-order chi connectivity index (χ0) is 34.0. The molecule has 5 saturated carbocycles. The van der Waals surface area contributed by atoms with Crippen molar-refractivity contribution in [3.63, 3.8) is 0 Å². The van der Waals surface area contributed by atoms with Crippen molar-refractivity contribution in [3.05, 3.63) is 0 Å². The van der Waals surface area contributed by atoms with Gasteiger partial charge < -0.3 is 0 Å². The predicted molar refractivity (Wildman–Crippen MR) is 198 cm³/mol. The van der Waals surface area contributed by atoms with Gasteiger partial charge in [-0.25, -0.2) is 0 Å². The van der Waals surface area contributed by atoms with Crippen LogP contribution in [0.15, 0.2) is 0 Å². The summed E-state index contributed by atoms with van der Waals surface area (Å²) in [6.07, 6.45) is 2.92. The lowest BCUT2D eigenvalue weighted by Crippen LogP contribution is -2.52. The molecule has 0 nitrogen and oxygen atoms in total. The van der Waals surface area contributed by atoms with E-state index in [4.69, 9.17) is 0 Å². The van der Waals surface area contributed by atoms with Crippen LogP contribution in [-0.4, -0.2) is 0 Å². The second-order valence-corrected chi connectivity index (χ2v) is 21.7. The van der Waals surface area contributed by atoms with Crippen molar-refractivity contribution in [2.75, 3.05) is 0 Å². The van der Waals surface area contributed by atoms with Crippen LogP contribution >= 0.6 is 0 Å². The van der Waals surface area contributed by atoms with E-state index >= 15 is 0 Å². The van der Waals surface area contributed by atoms with Crippen LogP contribution in [-0.2, 0) is 0 Å². The molecule has 262 valence electrons. The molecule has 45 heavy (non-hydrogen) atoms. The Kier molecular flexibility index (Phi) is 9.52. The Morgan fingerprint density at radius 1 is 0.289 bits per heavy atom. The van der Waals surface area contributed by atoms with Crippen LogP contribution in [0.1, 0.15) is 144 Å². The van der Waals surface area contributed by atoms with Crippen molar-refractivity contribution in [3.8, 4) is 0 Å². The molecule has 0 N–H and O–H groups in total. The number of hydrogen-bond donors (Lipinski definition) is 0. The largest absolute Gasteiger partial charge is 0.0620 e. The van der Waals surface area contributed by atoms with Crippen LogP contribution in [0.5, 0.6) is 0 Å². The first-order valence-electron chi connectivity index (χ1n) is 20.5. The average Bonchev–Trinajstić information content (AvgIpc) is 3.31. The Hall–Kier alpha value is 0. The summed E-state index contributed by atoms with van der Waals surface area (Å²) in [5.74, 6) is 17.1. The first-order valence-corrected chi connectivity index (χ1v) is 20.5. The molecule has 0 aromatic carbocycles. The molecular formula is C45H82. The summed E-state index contributed by atoms with van der Waals surface area (Å²) >= 11 is 0. The average molecular weight is 623 g/mol. The first-order chi connectivity index (χ1) is 20.5. The Labute approximate surface area is 284 Å². The SMILES string of the molecule is CC1C(C)C2CC(C1C)C(C)(C)C1C(C)C(C)C(C1C)C(C)(C)[C@@H]1CC(C(C)C(C)C1C)C(C)(C)C1C(C)C(C)C(C1C)[C@H]2C. The van der Waals surface area contributed by atoms with Crippen LogP contribution < -0.4 is 0 Å². The maximum Gasteiger partial charge on any atom is -0.0290 e. The fraction of sp³-hybridized carbons (Fsp3) is 1.00. The number of rotatable bonds is 0. The minimum absolute atomic E-state index is 0.358. The van der Waals surface area contributed by atoms with E-state index in [1.165, 1.54) is 12.8 Å². The predicted octanol–water partition coefficient (Wildman–Crippen LogP) is 13.1. The molecule has 5 fully saturated rings. The Morgan fingerprint density at radius 3 is 1.04 bits per heavy atom. The van der Waals surface area contributed by atoms with Crippen LogP contribution in [0, 0.1) is 141 Å². The van der Waals surface area contributed by atoms with Crippen LogP contribution in [0.2, 0.25) is 0 Å². The first kappa shape index (κ1) is 36.3. The third kappa shape index (κ3) is 5.05. The Morgan fingerprint density at radius 2 is 0.622 bits per heavy atom. The van der Waals surface area contributed by atoms with E-state index in [1.807, 2.05) is 0 Å². The molecule has 5 aliphatic rings.